The van der Waals surface area contributed by atoms with E-state index in [1.807, 2.05) is 31.2 Å². The van der Waals surface area contributed by atoms with Crippen LogP contribution in [0.2, 0.25) is 5.02 Å². The number of fused-ring (bicyclic) bond motifs is 2. The van der Waals surface area contributed by atoms with E-state index >= 15 is 0 Å². The van der Waals surface area contributed by atoms with Gasteiger partial charge in [0.2, 0.25) is 11.8 Å². The van der Waals surface area contributed by atoms with Crippen molar-refractivity contribution in [3.63, 3.8) is 0 Å². The Morgan fingerprint density at radius 1 is 1.18 bits per heavy atom. The van der Waals surface area contributed by atoms with E-state index < -0.39 is 0 Å². The molecule has 33 heavy (non-hydrogen) atoms. The van der Waals surface area contributed by atoms with Crippen LogP contribution in [-0.2, 0) is 16.1 Å². The molecule has 3 heterocycles. The topological polar surface area (TPSA) is 84.3 Å². The molecule has 1 atom stereocenters. The summed E-state index contributed by atoms with van der Waals surface area (Å²) < 4.78 is 1.80. The molecule has 2 aromatic carbocycles. The van der Waals surface area contributed by atoms with Crippen LogP contribution in [0.3, 0.4) is 0 Å². The monoisotopic (exact) mass is 478 g/mol. The molecule has 0 spiro atoms. The van der Waals surface area contributed by atoms with Crippen molar-refractivity contribution >= 4 is 56.3 Å². The molecule has 4 aromatic rings. The number of halogens is 1. The van der Waals surface area contributed by atoms with Crippen molar-refractivity contribution in [1.82, 2.24) is 9.55 Å². The van der Waals surface area contributed by atoms with Crippen LogP contribution in [0.25, 0.3) is 20.7 Å². The van der Waals surface area contributed by atoms with Gasteiger partial charge in [-0.3, -0.25) is 19.0 Å². The van der Waals surface area contributed by atoms with E-state index in [1.165, 1.54) is 22.2 Å². The van der Waals surface area contributed by atoms with Crippen molar-refractivity contribution in [3.05, 3.63) is 76.3 Å². The van der Waals surface area contributed by atoms with Gasteiger partial charge in [0, 0.05) is 22.4 Å². The standard InChI is InChI=1S/C24H19ClN4O3S/c1-14-10-21(30)27-17-4-2-3-5-19(17)29(14)22(31)12-28-13-26-18-11-20(33-23(18)24(28)32)15-6-8-16(25)9-7-15/h2-9,11,13-14H,10,12H2,1H3,(H,27,30)/t14-/m0/s1. The van der Waals surface area contributed by atoms with Crippen molar-refractivity contribution in [2.75, 3.05) is 10.2 Å². The number of carbonyl (C=O) groups excluding carboxylic acids is 2. The van der Waals surface area contributed by atoms with Gasteiger partial charge in [-0.2, -0.15) is 0 Å². The first-order valence-corrected chi connectivity index (χ1v) is 11.6. The van der Waals surface area contributed by atoms with Crippen LogP contribution >= 0.6 is 22.9 Å². The lowest BCUT2D eigenvalue weighted by Crippen LogP contribution is -2.42. The van der Waals surface area contributed by atoms with Crippen molar-refractivity contribution in [3.8, 4) is 10.4 Å². The summed E-state index contributed by atoms with van der Waals surface area (Å²) in [6, 6.07) is 16.0. The zero-order valence-corrected chi connectivity index (χ0v) is 19.2. The Balaban J connectivity index is 1.48. The number of benzene rings is 2. The molecule has 9 heteroatoms. The maximum absolute atomic E-state index is 13.3. The van der Waals surface area contributed by atoms with E-state index in [1.54, 1.807) is 35.2 Å². The van der Waals surface area contributed by atoms with E-state index in [0.717, 1.165) is 10.4 Å². The Labute approximate surface area is 198 Å². The molecule has 2 aromatic heterocycles. The maximum Gasteiger partial charge on any atom is 0.271 e. The number of rotatable bonds is 3. The van der Waals surface area contributed by atoms with Crippen LogP contribution in [0.15, 0.2) is 65.7 Å². The number of hydrogen-bond donors (Lipinski definition) is 1. The number of para-hydroxylation sites is 2. The molecule has 0 bridgehead atoms. The van der Waals surface area contributed by atoms with Gasteiger partial charge in [-0.25, -0.2) is 4.98 Å². The minimum absolute atomic E-state index is 0.154. The predicted octanol–water partition coefficient (Wildman–Crippen LogP) is 4.54. The number of hydrogen-bond acceptors (Lipinski definition) is 5. The van der Waals surface area contributed by atoms with Crippen LogP contribution in [-0.4, -0.2) is 27.4 Å². The maximum atomic E-state index is 13.3. The fourth-order valence-electron chi connectivity index (χ4n) is 4.00. The molecule has 7 nitrogen and oxygen atoms in total. The van der Waals surface area contributed by atoms with Crippen LogP contribution in [0.1, 0.15) is 13.3 Å². The summed E-state index contributed by atoms with van der Waals surface area (Å²) in [7, 11) is 0. The third-order valence-electron chi connectivity index (χ3n) is 5.57. The van der Waals surface area contributed by atoms with Gasteiger partial charge in [0.1, 0.15) is 11.2 Å². The van der Waals surface area contributed by atoms with Gasteiger partial charge in [0.25, 0.3) is 5.56 Å². The van der Waals surface area contributed by atoms with E-state index in [-0.39, 0.29) is 36.4 Å². The lowest BCUT2D eigenvalue weighted by atomic mass is 10.1. The largest absolute Gasteiger partial charge is 0.324 e. The molecule has 0 fully saturated rings. The number of nitrogens with one attached hydrogen (secondary N) is 1. The molecule has 0 unspecified atom stereocenters. The lowest BCUT2D eigenvalue weighted by Gasteiger charge is -2.28. The summed E-state index contributed by atoms with van der Waals surface area (Å²) in [4.78, 5) is 45.6. The highest BCUT2D eigenvalue weighted by Gasteiger charge is 2.29. The zero-order chi connectivity index (χ0) is 23.1. The van der Waals surface area contributed by atoms with Gasteiger partial charge in [-0.05, 0) is 42.8 Å². The molecule has 0 radical (unpaired) electrons. The third-order valence-corrected chi connectivity index (χ3v) is 6.98. The highest BCUT2D eigenvalue weighted by Crippen LogP contribution is 2.33. The van der Waals surface area contributed by atoms with Crippen LogP contribution in [0, 0.1) is 0 Å². The summed E-state index contributed by atoms with van der Waals surface area (Å²) in [5.74, 6) is -0.442. The highest BCUT2D eigenvalue weighted by atomic mass is 35.5. The average Bonchev–Trinajstić information content (AvgIpc) is 3.17. The second-order valence-corrected chi connectivity index (χ2v) is 9.38. The molecule has 0 aliphatic carbocycles. The predicted molar refractivity (Wildman–Crippen MR) is 131 cm³/mol. The Morgan fingerprint density at radius 3 is 2.73 bits per heavy atom. The fraction of sp³-hybridized carbons (Fsp3) is 0.167. The number of nitrogens with zero attached hydrogens (tertiary/aromatic N) is 3. The highest BCUT2D eigenvalue weighted by molar-refractivity contribution is 7.22. The molecule has 0 saturated heterocycles. The van der Waals surface area contributed by atoms with Crippen LogP contribution in [0.4, 0.5) is 11.4 Å². The fourth-order valence-corrected chi connectivity index (χ4v) is 5.20. The SMILES string of the molecule is C[C@H]1CC(=O)Nc2ccccc2N1C(=O)Cn1cnc2cc(-c3ccc(Cl)cc3)sc2c1=O. The summed E-state index contributed by atoms with van der Waals surface area (Å²) in [6.07, 6.45) is 1.57. The van der Waals surface area contributed by atoms with E-state index in [9.17, 15) is 14.4 Å². The number of aromatic nitrogens is 2. The van der Waals surface area contributed by atoms with E-state index in [0.29, 0.717) is 26.6 Å². The first-order valence-electron chi connectivity index (χ1n) is 10.4. The molecule has 166 valence electrons. The number of carbonyl (C=O) groups is 2. The quantitative estimate of drug-likeness (QED) is 0.468. The van der Waals surface area contributed by atoms with Gasteiger partial charge in [0.05, 0.1) is 23.2 Å². The van der Waals surface area contributed by atoms with Gasteiger partial charge in [-0.15, -0.1) is 11.3 Å². The van der Waals surface area contributed by atoms with Crippen molar-refractivity contribution in [2.24, 2.45) is 0 Å². The first kappa shape index (κ1) is 21.4. The van der Waals surface area contributed by atoms with Crippen molar-refractivity contribution in [1.29, 1.82) is 0 Å². The summed E-state index contributed by atoms with van der Waals surface area (Å²) in [5, 5.41) is 3.48. The first-order chi connectivity index (χ1) is 15.9. The Hall–Kier alpha value is -3.49. The minimum Gasteiger partial charge on any atom is -0.324 e. The van der Waals surface area contributed by atoms with E-state index in [4.69, 9.17) is 11.6 Å². The second-order valence-electron chi connectivity index (χ2n) is 7.89. The normalized spacial score (nSPS) is 15.8. The molecular formula is C24H19ClN4O3S. The van der Waals surface area contributed by atoms with Gasteiger partial charge >= 0.3 is 0 Å². The molecule has 1 aliphatic heterocycles. The molecule has 0 saturated carbocycles. The third kappa shape index (κ3) is 4.03. The molecule has 1 aliphatic rings. The second kappa shape index (κ2) is 8.46. The van der Waals surface area contributed by atoms with E-state index in [2.05, 4.69) is 10.3 Å². The van der Waals surface area contributed by atoms with Gasteiger partial charge < -0.3 is 10.2 Å². The van der Waals surface area contributed by atoms with Crippen LogP contribution < -0.4 is 15.8 Å². The molecule has 1 N–H and O–H groups in total. The van der Waals surface area contributed by atoms with Crippen LogP contribution in [0.5, 0.6) is 0 Å². The Bertz CT molecular complexity index is 1440. The molecular weight excluding hydrogens is 460 g/mol. The average molecular weight is 479 g/mol. The number of thiophene rings is 1. The summed E-state index contributed by atoms with van der Waals surface area (Å²) in [5.41, 5.74) is 2.44. The number of anilines is 2. The lowest BCUT2D eigenvalue weighted by molar-refractivity contribution is -0.120. The Morgan fingerprint density at radius 2 is 1.94 bits per heavy atom. The smallest absolute Gasteiger partial charge is 0.271 e. The van der Waals surface area contributed by atoms with Crippen molar-refractivity contribution < 1.29 is 9.59 Å². The molecule has 5 rings (SSSR count). The Kier molecular flexibility index (Phi) is 5.47. The minimum atomic E-state index is -0.355. The summed E-state index contributed by atoms with van der Waals surface area (Å²) in [6.45, 7) is 1.64. The van der Waals surface area contributed by atoms with Gasteiger partial charge in [-0.1, -0.05) is 35.9 Å². The van der Waals surface area contributed by atoms with Gasteiger partial charge in [0.15, 0.2) is 0 Å². The number of amides is 2. The zero-order valence-electron chi connectivity index (χ0n) is 17.6. The molecule has 2 amide bonds. The van der Waals surface area contributed by atoms with Crippen molar-refractivity contribution in [2.45, 2.75) is 25.9 Å². The summed E-state index contributed by atoms with van der Waals surface area (Å²) >= 11 is 7.31.